The summed E-state index contributed by atoms with van der Waals surface area (Å²) in [6.45, 7) is 0.0125. The van der Waals surface area contributed by atoms with E-state index in [0.29, 0.717) is 11.1 Å². The van der Waals surface area contributed by atoms with E-state index in [0.717, 1.165) is 12.1 Å². The lowest BCUT2D eigenvalue weighted by molar-refractivity contribution is -0.274. The number of nitrogens with one attached hydrogen (secondary N) is 1. The van der Waals surface area contributed by atoms with Gasteiger partial charge in [-0.15, -0.1) is 13.2 Å². The van der Waals surface area contributed by atoms with Gasteiger partial charge in [0, 0.05) is 17.7 Å². The number of rotatable bonds is 6. The summed E-state index contributed by atoms with van der Waals surface area (Å²) in [6, 6.07) is 12.8. The molecule has 7 nitrogen and oxygen atoms in total. The van der Waals surface area contributed by atoms with Gasteiger partial charge in [-0.3, -0.25) is 4.79 Å². The van der Waals surface area contributed by atoms with Gasteiger partial charge in [0.2, 0.25) is 5.82 Å². The number of hydrogen-bond donors (Lipinski definition) is 2. The predicted molar refractivity (Wildman–Crippen MR) is 92.1 cm³/mol. The SMILES string of the molecule is NC[C@H](NC(=O)c1ccccc1)c1nc(-c2ccc(OC(F)(F)F)cc2)no1. The lowest BCUT2D eigenvalue weighted by Crippen LogP contribution is -2.33. The summed E-state index contributed by atoms with van der Waals surface area (Å²) in [5.41, 5.74) is 6.55. The Balaban J connectivity index is 1.72. The third-order valence-corrected chi connectivity index (χ3v) is 3.66. The van der Waals surface area contributed by atoms with Gasteiger partial charge < -0.3 is 20.3 Å². The van der Waals surface area contributed by atoms with Gasteiger partial charge in [0.15, 0.2) is 0 Å². The standard InChI is InChI=1S/C18H15F3N4O3/c19-18(20,21)27-13-8-6-11(7-9-13)15-24-17(28-25-15)14(10-22)23-16(26)12-4-2-1-3-5-12/h1-9,14H,10,22H2,(H,23,26)/t14-/m0/s1. The summed E-state index contributed by atoms with van der Waals surface area (Å²) < 4.78 is 45.6. The van der Waals surface area contributed by atoms with Crippen molar-refractivity contribution in [3.8, 4) is 17.1 Å². The molecular weight excluding hydrogens is 377 g/mol. The van der Waals surface area contributed by atoms with Gasteiger partial charge in [0.05, 0.1) is 0 Å². The van der Waals surface area contributed by atoms with Crippen molar-refractivity contribution in [1.82, 2.24) is 15.5 Å². The van der Waals surface area contributed by atoms with Crippen molar-refractivity contribution in [2.75, 3.05) is 6.54 Å². The molecule has 0 fully saturated rings. The van der Waals surface area contributed by atoms with Crippen LogP contribution in [-0.4, -0.2) is 29.0 Å². The number of alkyl halides is 3. The normalized spacial score (nSPS) is 12.4. The first-order valence-corrected chi connectivity index (χ1v) is 8.11. The Kier molecular flexibility index (Phi) is 5.59. The van der Waals surface area contributed by atoms with Crippen LogP contribution >= 0.6 is 0 Å². The maximum Gasteiger partial charge on any atom is 0.573 e. The maximum absolute atomic E-state index is 12.3. The fraction of sp³-hybridized carbons (Fsp3) is 0.167. The van der Waals surface area contributed by atoms with E-state index in [1.165, 1.54) is 12.1 Å². The minimum atomic E-state index is -4.77. The first-order chi connectivity index (χ1) is 13.4. The highest BCUT2D eigenvalue weighted by Crippen LogP contribution is 2.26. The molecule has 2 aromatic carbocycles. The van der Waals surface area contributed by atoms with E-state index in [9.17, 15) is 18.0 Å². The molecule has 0 radical (unpaired) electrons. The molecule has 3 aromatic rings. The summed E-state index contributed by atoms with van der Waals surface area (Å²) in [4.78, 5) is 16.4. The van der Waals surface area contributed by atoms with Gasteiger partial charge in [0.25, 0.3) is 11.8 Å². The van der Waals surface area contributed by atoms with Crippen LogP contribution in [0.2, 0.25) is 0 Å². The monoisotopic (exact) mass is 392 g/mol. The van der Waals surface area contributed by atoms with Crippen molar-refractivity contribution in [2.24, 2.45) is 5.73 Å². The molecule has 3 rings (SSSR count). The minimum Gasteiger partial charge on any atom is -0.406 e. The Morgan fingerprint density at radius 1 is 1.14 bits per heavy atom. The number of nitrogens with zero attached hydrogens (tertiary/aromatic N) is 2. The van der Waals surface area contributed by atoms with E-state index in [1.54, 1.807) is 30.3 Å². The van der Waals surface area contributed by atoms with Crippen molar-refractivity contribution >= 4 is 5.91 Å². The molecule has 0 unspecified atom stereocenters. The van der Waals surface area contributed by atoms with Crippen molar-refractivity contribution < 1.29 is 27.2 Å². The van der Waals surface area contributed by atoms with Crippen LogP contribution in [0.3, 0.4) is 0 Å². The van der Waals surface area contributed by atoms with Crippen LogP contribution in [0.5, 0.6) is 5.75 Å². The smallest absolute Gasteiger partial charge is 0.406 e. The van der Waals surface area contributed by atoms with Crippen LogP contribution in [-0.2, 0) is 0 Å². The van der Waals surface area contributed by atoms with E-state index in [1.807, 2.05) is 0 Å². The Labute approximate surface area is 157 Å². The van der Waals surface area contributed by atoms with Crippen molar-refractivity contribution in [3.63, 3.8) is 0 Å². The van der Waals surface area contributed by atoms with Crippen molar-refractivity contribution in [2.45, 2.75) is 12.4 Å². The molecule has 0 saturated heterocycles. The van der Waals surface area contributed by atoms with E-state index in [-0.39, 0.29) is 29.9 Å². The first kappa shape index (κ1) is 19.4. The molecule has 3 N–H and O–H groups in total. The average Bonchev–Trinajstić information content (AvgIpc) is 3.16. The number of carbonyl (C=O) groups is 1. The molecule has 1 aromatic heterocycles. The summed E-state index contributed by atoms with van der Waals surface area (Å²) in [7, 11) is 0. The highest BCUT2D eigenvalue weighted by Gasteiger charge is 2.31. The number of ether oxygens (including phenoxy) is 1. The summed E-state index contributed by atoms with van der Waals surface area (Å²) >= 11 is 0. The third kappa shape index (κ3) is 4.86. The molecule has 1 atom stereocenters. The zero-order valence-corrected chi connectivity index (χ0v) is 14.3. The molecule has 0 aliphatic heterocycles. The lowest BCUT2D eigenvalue weighted by atomic mass is 10.2. The highest BCUT2D eigenvalue weighted by atomic mass is 19.4. The van der Waals surface area contributed by atoms with E-state index >= 15 is 0 Å². The van der Waals surface area contributed by atoms with Crippen LogP contribution in [0.15, 0.2) is 59.1 Å². The second-order valence-corrected chi connectivity index (χ2v) is 5.66. The number of nitrogens with two attached hydrogens (primary N) is 1. The molecule has 146 valence electrons. The molecule has 0 aliphatic carbocycles. The predicted octanol–water partition coefficient (Wildman–Crippen LogP) is 3.07. The summed E-state index contributed by atoms with van der Waals surface area (Å²) in [5.74, 6) is -0.502. The summed E-state index contributed by atoms with van der Waals surface area (Å²) in [6.07, 6.45) is -4.77. The topological polar surface area (TPSA) is 103 Å². The molecular formula is C18H15F3N4O3. The minimum absolute atomic E-state index is 0.0125. The van der Waals surface area contributed by atoms with Gasteiger partial charge in [-0.2, -0.15) is 4.98 Å². The van der Waals surface area contributed by atoms with Crippen LogP contribution < -0.4 is 15.8 Å². The number of benzene rings is 2. The molecule has 1 heterocycles. The largest absolute Gasteiger partial charge is 0.573 e. The zero-order valence-electron chi connectivity index (χ0n) is 14.3. The Morgan fingerprint density at radius 3 is 2.43 bits per heavy atom. The van der Waals surface area contributed by atoms with Crippen LogP contribution in [0, 0.1) is 0 Å². The number of aromatic nitrogens is 2. The first-order valence-electron chi connectivity index (χ1n) is 8.11. The molecule has 1 amide bonds. The molecule has 10 heteroatoms. The van der Waals surface area contributed by atoms with Crippen molar-refractivity contribution in [3.05, 3.63) is 66.1 Å². The van der Waals surface area contributed by atoms with Gasteiger partial charge in [0.1, 0.15) is 11.8 Å². The van der Waals surface area contributed by atoms with Gasteiger partial charge >= 0.3 is 6.36 Å². The second-order valence-electron chi connectivity index (χ2n) is 5.66. The van der Waals surface area contributed by atoms with Crippen molar-refractivity contribution in [1.29, 1.82) is 0 Å². The Bertz CT molecular complexity index is 927. The van der Waals surface area contributed by atoms with Crippen LogP contribution in [0.25, 0.3) is 11.4 Å². The fourth-order valence-corrected chi connectivity index (χ4v) is 2.35. The van der Waals surface area contributed by atoms with Gasteiger partial charge in [-0.05, 0) is 36.4 Å². The van der Waals surface area contributed by atoms with Gasteiger partial charge in [-0.1, -0.05) is 23.4 Å². The lowest BCUT2D eigenvalue weighted by Gasteiger charge is -2.12. The maximum atomic E-state index is 12.3. The van der Waals surface area contributed by atoms with Crippen LogP contribution in [0.1, 0.15) is 22.3 Å². The quantitative estimate of drug-likeness (QED) is 0.668. The molecule has 0 aliphatic rings. The number of amides is 1. The number of halogens is 3. The second kappa shape index (κ2) is 8.09. The molecule has 0 bridgehead atoms. The molecule has 0 saturated carbocycles. The highest BCUT2D eigenvalue weighted by molar-refractivity contribution is 5.94. The van der Waals surface area contributed by atoms with Gasteiger partial charge in [-0.25, -0.2) is 0 Å². The van der Waals surface area contributed by atoms with E-state index in [4.69, 9.17) is 10.3 Å². The number of hydrogen-bond acceptors (Lipinski definition) is 6. The van der Waals surface area contributed by atoms with Crippen LogP contribution in [0.4, 0.5) is 13.2 Å². The van der Waals surface area contributed by atoms with E-state index < -0.39 is 12.4 Å². The van der Waals surface area contributed by atoms with E-state index in [2.05, 4.69) is 20.2 Å². The third-order valence-electron chi connectivity index (χ3n) is 3.66. The Hall–Kier alpha value is -3.40. The number of carbonyl (C=O) groups excluding carboxylic acids is 1. The molecule has 28 heavy (non-hydrogen) atoms. The average molecular weight is 392 g/mol. The molecule has 0 spiro atoms. The Morgan fingerprint density at radius 2 is 1.82 bits per heavy atom. The summed E-state index contributed by atoms with van der Waals surface area (Å²) in [5, 5.41) is 6.48. The fourth-order valence-electron chi connectivity index (χ4n) is 2.35. The zero-order chi connectivity index (χ0) is 20.1.